The summed E-state index contributed by atoms with van der Waals surface area (Å²) < 4.78 is 48.9. The molecule has 0 N–H and O–H groups in total. The molecule has 1 aromatic carbocycles. The minimum Gasteiger partial charge on any atom is -0.439 e. The number of amides is 1. The number of piperidine rings is 1. The topological polar surface area (TPSA) is 67.8 Å². The molecule has 4 rings (SSSR count). The summed E-state index contributed by atoms with van der Waals surface area (Å²) >= 11 is 0. The van der Waals surface area contributed by atoms with Crippen LogP contribution in [-0.2, 0) is 12.7 Å². The minimum absolute atomic E-state index is 0.0293. The molecule has 1 fully saturated rings. The third-order valence-corrected chi connectivity index (χ3v) is 5.93. The van der Waals surface area contributed by atoms with Gasteiger partial charge in [0.2, 0.25) is 5.88 Å². The molecule has 0 unspecified atom stereocenters. The molecule has 7 nitrogen and oxygen atoms in total. The molecule has 1 aliphatic rings. The molecule has 0 aliphatic carbocycles. The predicted octanol–water partition coefficient (Wildman–Crippen LogP) is 5.63. The van der Waals surface area contributed by atoms with Crippen molar-refractivity contribution in [3.8, 4) is 17.4 Å². The fraction of sp³-hybridized carbons (Fsp3) is 0.346. The molecule has 1 amide bonds. The van der Waals surface area contributed by atoms with Crippen molar-refractivity contribution in [2.75, 3.05) is 26.7 Å². The first-order valence-electron chi connectivity index (χ1n) is 11.6. The van der Waals surface area contributed by atoms with E-state index in [2.05, 4.69) is 28.0 Å². The zero-order chi connectivity index (χ0) is 25.5. The van der Waals surface area contributed by atoms with Gasteiger partial charge in [-0.05, 0) is 67.8 Å². The third-order valence-electron chi connectivity index (χ3n) is 5.93. The number of alkyl halides is 3. The van der Waals surface area contributed by atoms with Gasteiger partial charge in [-0.15, -0.1) is 0 Å². The molecular weight excluding hydrogens is 473 g/mol. The average molecular weight is 501 g/mol. The molecule has 0 radical (unpaired) electrons. The number of pyridine rings is 2. The number of hydrogen-bond donors (Lipinski definition) is 0. The normalized spacial score (nSPS) is 14.6. The number of aromatic nitrogens is 2. The van der Waals surface area contributed by atoms with E-state index in [0.29, 0.717) is 36.7 Å². The summed E-state index contributed by atoms with van der Waals surface area (Å²) in [5.41, 5.74) is 0.325. The van der Waals surface area contributed by atoms with Gasteiger partial charge in [-0.2, -0.15) is 13.2 Å². The summed E-state index contributed by atoms with van der Waals surface area (Å²) in [4.78, 5) is 24.4. The van der Waals surface area contributed by atoms with Crippen molar-refractivity contribution in [2.24, 2.45) is 5.92 Å². The van der Waals surface area contributed by atoms with E-state index in [0.717, 1.165) is 38.1 Å². The highest BCUT2D eigenvalue weighted by Gasteiger charge is 2.30. The largest absolute Gasteiger partial charge is 0.439 e. The van der Waals surface area contributed by atoms with Gasteiger partial charge in [0.25, 0.3) is 0 Å². The Hall–Kier alpha value is -3.66. The van der Waals surface area contributed by atoms with Gasteiger partial charge in [0.1, 0.15) is 11.5 Å². The van der Waals surface area contributed by atoms with E-state index >= 15 is 0 Å². The Balaban J connectivity index is 1.21. The molecule has 0 bridgehead atoms. The van der Waals surface area contributed by atoms with E-state index in [9.17, 15) is 18.0 Å². The van der Waals surface area contributed by atoms with E-state index in [1.54, 1.807) is 35.4 Å². The van der Waals surface area contributed by atoms with Crippen molar-refractivity contribution < 1.29 is 27.4 Å². The van der Waals surface area contributed by atoms with Crippen LogP contribution in [0.4, 0.5) is 18.0 Å². The van der Waals surface area contributed by atoms with Crippen LogP contribution in [0, 0.1) is 5.92 Å². The van der Waals surface area contributed by atoms with E-state index in [1.807, 2.05) is 12.3 Å². The Morgan fingerprint density at radius 1 is 1.06 bits per heavy atom. The van der Waals surface area contributed by atoms with Gasteiger partial charge in [-0.3, -0.25) is 4.98 Å². The van der Waals surface area contributed by atoms with Crippen LogP contribution in [0.3, 0.4) is 0 Å². The smallest absolute Gasteiger partial charge is 0.417 e. The highest BCUT2D eigenvalue weighted by atomic mass is 19.4. The molecule has 36 heavy (non-hydrogen) atoms. The number of ether oxygens (including phenoxy) is 2. The Morgan fingerprint density at radius 3 is 2.39 bits per heavy atom. The van der Waals surface area contributed by atoms with Crippen LogP contribution in [0.5, 0.6) is 17.4 Å². The average Bonchev–Trinajstić information content (AvgIpc) is 2.86. The quantitative estimate of drug-likeness (QED) is 0.419. The SMILES string of the molecule is CN(Cc1cccnc1)CC1CCN(C(=O)Oc2ccc(Oc3ccc(C(F)(F)F)cn3)cc2)CC1. The molecule has 0 atom stereocenters. The highest BCUT2D eigenvalue weighted by molar-refractivity contribution is 5.70. The van der Waals surface area contributed by atoms with E-state index in [4.69, 9.17) is 9.47 Å². The Bertz CT molecular complexity index is 1120. The lowest BCUT2D eigenvalue weighted by molar-refractivity contribution is -0.137. The van der Waals surface area contributed by atoms with Crippen molar-refractivity contribution in [1.29, 1.82) is 0 Å². The first kappa shape index (κ1) is 25.4. The van der Waals surface area contributed by atoms with Crippen LogP contribution in [-0.4, -0.2) is 52.5 Å². The van der Waals surface area contributed by atoms with Crippen molar-refractivity contribution in [3.63, 3.8) is 0 Å². The number of hydrogen-bond acceptors (Lipinski definition) is 6. The maximum Gasteiger partial charge on any atom is 0.417 e. The zero-order valence-corrected chi connectivity index (χ0v) is 19.8. The van der Waals surface area contributed by atoms with Crippen LogP contribution in [0.15, 0.2) is 67.1 Å². The van der Waals surface area contributed by atoms with Gasteiger partial charge < -0.3 is 19.3 Å². The second kappa shape index (κ2) is 11.4. The summed E-state index contributed by atoms with van der Waals surface area (Å²) in [5.74, 6) is 1.25. The Morgan fingerprint density at radius 2 is 1.78 bits per heavy atom. The standard InChI is InChI=1S/C26H27F3N4O3/c1-32(18-20-3-2-12-30-15-20)17-19-10-13-33(14-11-19)25(34)36-23-7-5-22(6-8-23)35-24-9-4-21(16-31-24)26(27,28)29/h2-9,12,15-16,19H,10-11,13-14,17-18H2,1H3. The lowest BCUT2D eigenvalue weighted by atomic mass is 9.96. The summed E-state index contributed by atoms with van der Waals surface area (Å²) in [7, 11) is 2.09. The molecule has 10 heteroatoms. The highest BCUT2D eigenvalue weighted by Crippen LogP contribution is 2.30. The number of carbonyl (C=O) groups is 1. The van der Waals surface area contributed by atoms with Crippen LogP contribution in [0.1, 0.15) is 24.0 Å². The number of nitrogens with zero attached hydrogens (tertiary/aromatic N) is 4. The van der Waals surface area contributed by atoms with Crippen LogP contribution in [0.25, 0.3) is 0 Å². The molecule has 2 aromatic heterocycles. The summed E-state index contributed by atoms with van der Waals surface area (Å²) in [5, 5.41) is 0. The maximum absolute atomic E-state index is 12.6. The van der Waals surface area contributed by atoms with Crippen molar-refractivity contribution in [1.82, 2.24) is 19.8 Å². The molecule has 190 valence electrons. The predicted molar refractivity (Wildman–Crippen MR) is 127 cm³/mol. The Kier molecular flexibility index (Phi) is 8.04. The first-order valence-corrected chi connectivity index (χ1v) is 11.6. The molecule has 1 saturated heterocycles. The lowest BCUT2D eigenvalue weighted by Crippen LogP contribution is -2.42. The number of benzene rings is 1. The van der Waals surface area contributed by atoms with Crippen LogP contribution < -0.4 is 9.47 Å². The number of carbonyl (C=O) groups excluding carboxylic acids is 1. The molecule has 3 heterocycles. The van der Waals surface area contributed by atoms with E-state index in [1.165, 1.54) is 5.56 Å². The second-order valence-electron chi connectivity index (χ2n) is 8.81. The number of halogens is 3. The molecule has 1 aliphatic heterocycles. The number of likely N-dealkylation sites (tertiary alicyclic amines) is 1. The first-order chi connectivity index (χ1) is 17.3. The molecular formula is C26H27F3N4O3. The summed E-state index contributed by atoms with van der Waals surface area (Å²) in [6, 6.07) is 12.3. The van der Waals surface area contributed by atoms with Gasteiger partial charge in [-0.1, -0.05) is 6.07 Å². The van der Waals surface area contributed by atoms with Crippen molar-refractivity contribution in [2.45, 2.75) is 25.6 Å². The zero-order valence-electron chi connectivity index (χ0n) is 19.8. The van der Waals surface area contributed by atoms with Gasteiger partial charge in [0.05, 0.1) is 5.56 Å². The fourth-order valence-corrected chi connectivity index (χ4v) is 4.08. The fourth-order valence-electron chi connectivity index (χ4n) is 4.08. The van der Waals surface area contributed by atoms with E-state index < -0.39 is 17.8 Å². The third kappa shape index (κ3) is 7.17. The minimum atomic E-state index is -4.46. The summed E-state index contributed by atoms with van der Waals surface area (Å²) in [6.07, 6.45) is 1.30. The monoisotopic (exact) mass is 500 g/mol. The van der Waals surface area contributed by atoms with Crippen LogP contribution in [0.2, 0.25) is 0 Å². The second-order valence-corrected chi connectivity index (χ2v) is 8.81. The summed E-state index contributed by atoms with van der Waals surface area (Å²) in [6.45, 7) is 3.05. The van der Waals surface area contributed by atoms with E-state index in [-0.39, 0.29) is 5.88 Å². The molecule has 0 spiro atoms. The van der Waals surface area contributed by atoms with Crippen LogP contribution >= 0.6 is 0 Å². The van der Waals surface area contributed by atoms with Crippen molar-refractivity contribution in [3.05, 3.63) is 78.2 Å². The van der Waals surface area contributed by atoms with Gasteiger partial charge in [-0.25, -0.2) is 9.78 Å². The maximum atomic E-state index is 12.6. The molecule has 0 saturated carbocycles. The Labute approximate surface area is 207 Å². The lowest BCUT2D eigenvalue weighted by Gasteiger charge is -2.33. The molecule has 3 aromatic rings. The van der Waals surface area contributed by atoms with Gasteiger partial charge >= 0.3 is 12.3 Å². The van der Waals surface area contributed by atoms with Gasteiger partial charge in [0, 0.05) is 50.8 Å². The van der Waals surface area contributed by atoms with Crippen molar-refractivity contribution >= 4 is 6.09 Å². The number of rotatable bonds is 7. The van der Waals surface area contributed by atoms with Gasteiger partial charge in [0.15, 0.2) is 0 Å².